The summed E-state index contributed by atoms with van der Waals surface area (Å²) in [5, 5.41) is 21.5. The van der Waals surface area contributed by atoms with Gasteiger partial charge in [0.15, 0.2) is 0 Å². The smallest absolute Gasteiger partial charge is 0.407 e. The van der Waals surface area contributed by atoms with E-state index >= 15 is 0 Å². The first-order valence-electron chi connectivity index (χ1n) is 9.21. The quantitative estimate of drug-likeness (QED) is 0.700. The van der Waals surface area contributed by atoms with Gasteiger partial charge in [0, 0.05) is 19.1 Å². The van der Waals surface area contributed by atoms with Crippen molar-refractivity contribution in [2.24, 2.45) is 11.3 Å². The van der Waals surface area contributed by atoms with Gasteiger partial charge in [-0.3, -0.25) is 4.79 Å². The zero-order valence-corrected chi connectivity index (χ0v) is 16.7. The highest BCUT2D eigenvalue weighted by Crippen LogP contribution is 2.36. The molecule has 0 saturated carbocycles. The molecule has 1 aromatic heterocycles. The summed E-state index contributed by atoms with van der Waals surface area (Å²) in [6.45, 7) is 8.75. The second-order valence-corrected chi connectivity index (χ2v) is 7.87. The lowest BCUT2D eigenvalue weighted by atomic mass is 9.79. The summed E-state index contributed by atoms with van der Waals surface area (Å²) >= 11 is 0. The van der Waals surface area contributed by atoms with Crippen LogP contribution in [0, 0.1) is 22.7 Å². The van der Waals surface area contributed by atoms with E-state index in [0.717, 1.165) is 0 Å². The molecule has 0 aliphatic carbocycles. The molecule has 2 heterocycles. The van der Waals surface area contributed by atoms with E-state index in [1.807, 2.05) is 26.8 Å². The maximum Gasteiger partial charge on any atom is 0.407 e. The molecule has 0 aromatic carbocycles. The number of pyridine rings is 1. The van der Waals surface area contributed by atoms with Crippen molar-refractivity contribution in [1.82, 2.24) is 15.2 Å². The Morgan fingerprint density at radius 1 is 1.50 bits per heavy atom. The maximum absolute atomic E-state index is 12.6. The second kappa shape index (κ2) is 8.33. The number of carbonyl (C=O) groups is 2. The van der Waals surface area contributed by atoms with Crippen LogP contribution in [0.15, 0.2) is 6.07 Å². The van der Waals surface area contributed by atoms with Crippen molar-refractivity contribution < 1.29 is 19.4 Å². The van der Waals surface area contributed by atoms with Crippen LogP contribution >= 0.6 is 0 Å². The number of hydrogen-bond acceptors (Lipinski definition) is 6. The van der Waals surface area contributed by atoms with Gasteiger partial charge in [-0.25, -0.2) is 9.78 Å². The Balaban J connectivity index is 2.16. The molecule has 0 bridgehead atoms. The number of carbonyl (C=O) groups excluding carboxylic acids is 1. The SMILES string of the molecule is CCOc1nc(C(=O)NC[C@@H]2CCN(C(=O)O)C2C(C)(C)C)cc(N)c1C#N. The van der Waals surface area contributed by atoms with Gasteiger partial charge >= 0.3 is 6.09 Å². The van der Waals surface area contributed by atoms with Gasteiger partial charge in [-0.1, -0.05) is 20.8 Å². The molecule has 28 heavy (non-hydrogen) atoms. The monoisotopic (exact) mass is 389 g/mol. The summed E-state index contributed by atoms with van der Waals surface area (Å²) in [6, 6.07) is 3.06. The molecule has 9 nitrogen and oxygen atoms in total. The molecule has 1 aliphatic heterocycles. The number of ether oxygens (including phenoxy) is 1. The van der Waals surface area contributed by atoms with Crippen LogP contribution in [0.1, 0.15) is 50.2 Å². The molecule has 4 N–H and O–H groups in total. The highest BCUT2D eigenvalue weighted by atomic mass is 16.5. The first kappa shape index (κ1) is 21.3. The van der Waals surface area contributed by atoms with Gasteiger partial charge in [-0.05, 0) is 30.7 Å². The van der Waals surface area contributed by atoms with E-state index in [4.69, 9.17) is 10.5 Å². The molecule has 1 aliphatic rings. The van der Waals surface area contributed by atoms with E-state index in [-0.39, 0.29) is 46.8 Å². The number of nitrogens with one attached hydrogen (secondary N) is 1. The summed E-state index contributed by atoms with van der Waals surface area (Å²) in [5.74, 6) is -0.429. The van der Waals surface area contributed by atoms with Crippen molar-refractivity contribution in [3.63, 3.8) is 0 Å². The van der Waals surface area contributed by atoms with Crippen molar-refractivity contribution >= 4 is 17.7 Å². The molecule has 2 atom stereocenters. The fourth-order valence-corrected chi connectivity index (χ4v) is 3.78. The van der Waals surface area contributed by atoms with Gasteiger partial charge in [-0.2, -0.15) is 5.26 Å². The van der Waals surface area contributed by atoms with E-state index in [1.54, 1.807) is 6.92 Å². The first-order valence-corrected chi connectivity index (χ1v) is 9.21. The minimum Gasteiger partial charge on any atom is -0.477 e. The summed E-state index contributed by atoms with van der Waals surface area (Å²) in [6.07, 6.45) is -0.279. The largest absolute Gasteiger partial charge is 0.477 e. The van der Waals surface area contributed by atoms with Crippen molar-refractivity contribution in [2.75, 3.05) is 25.4 Å². The molecule has 152 valence electrons. The average molecular weight is 389 g/mol. The van der Waals surface area contributed by atoms with Gasteiger partial charge in [0.25, 0.3) is 5.91 Å². The topological polar surface area (TPSA) is 142 Å². The summed E-state index contributed by atoms with van der Waals surface area (Å²) in [7, 11) is 0. The van der Waals surface area contributed by atoms with Gasteiger partial charge in [0.05, 0.1) is 12.3 Å². The molecule has 0 spiro atoms. The van der Waals surface area contributed by atoms with Crippen LogP contribution in [-0.2, 0) is 0 Å². The molecular formula is C19H27N5O4. The van der Waals surface area contributed by atoms with Crippen LogP contribution in [-0.4, -0.2) is 52.7 Å². The number of nitrogens with zero attached hydrogens (tertiary/aromatic N) is 3. The normalized spacial score (nSPS) is 19.2. The van der Waals surface area contributed by atoms with Crippen molar-refractivity contribution in [2.45, 2.75) is 40.2 Å². The first-order chi connectivity index (χ1) is 13.1. The number of amides is 2. The second-order valence-electron chi connectivity index (χ2n) is 7.87. The number of hydrogen-bond donors (Lipinski definition) is 3. The number of anilines is 1. The Hall–Kier alpha value is -3.02. The number of likely N-dealkylation sites (tertiary alicyclic amines) is 1. The van der Waals surface area contributed by atoms with Crippen molar-refractivity contribution in [1.29, 1.82) is 5.26 Å². The summed E-state index contributed by atoms with van der Waals surface area (Å²) < 4.78 is 5.31. The Kier molecular flexibility index (Phi) is 6.33. The van der Waals surface area contributed by atoms with Crippen LogP contribution in [0.3, 0.4) is 0 Å². The lowest BCUT2D eigenvalue weighted by Crippen LogP contribution is -2.47. The lowest BCUT2D eigenvalue weighted by molar-refractivity contribution is 0.0854. The molecule has 0 radical (unpaired) electrons. The fraction of sp³-hybridized carbons (Fsp3) is 0.579. The molecule has 9 heteroatoms. The third kappa shape index (κ3) is 4.44. The molecule has 1 unspecified atom stereocenters. The highest BCUT2D eigenvalue weighted by Gasteiger charge is 2.43. The van der Waals surface area contributed by atoms with E-state index < -0.39 is 12.0 Å². The Labute approximate surface area is 164 Å². The minimum absolute atomic E-state index is 0.0119. The van der Waals surface area contributed by atoms with E-state index in [0.29, 0.717) is 19.5 Å². The number of rotatable bonds is 5. The predicted molar refractivity (Wildman–Crippen MR) is 103 cm³/mol. The number of nitrogen functional groups attached to an aromatic ring is 1. The van der Waals surface area contributed by atoms with Crippen molar-refractivity contribution in [3.05, 3.63) is 17.3 Å². The Bertz CT molecular complexity index is 797. The minimum atomic E-state index is -0.948. The van der Waals surface area contributed by atoms with Crippen LogP contribution in [0.5, 0.6) is 5.88 Å². The number of aromatic nitrogens is 1. The molecule has 2 amide bonds. The lowest BCUT2D eigenvalue weighted by Gasteiger charge is -2.37. The highest BCUT2D eigenvalue weighted by molar-refractivity contribution is 5.93. The van der Waals surface area contributed by atoms with Crippen LogP contribution in [0.4, 0.5) is 10.5 Å². The summed E-state index contributed by atoms with van der Waals surface area (Å²) in [4.78, 5) is 29.7. The van der Waals surface area contributed by atoms with E-state index in [2.05, 4.69) is 10.3 Å². The zero-order valence-electron chi connectivity index (χ0n) is 16.7. The summed E-state index contributed by atoms with van der Waals surface area (Å²) in [5.41, 5.74) is 5.87. The predicted octanol–water partition coefficient (Wildman–Crippen LogP) is 2.08. The van der Waals surface area contributed by atoms with Gasteiger partial charge in [0.2, 0.25) is 5.88 Å². The maximum atomic E-state index is 12.6. The Morgan fingerprint density at radius 2 is 2.18 bits per heavy atom. The molecular weight excluding hydrogens is 362 g/mol. The van der Waals surface area contributed by atoms with Crippen LogP contribution < -0.4 is 15.8 Å². The molecule has 1 saturated heterocycles. The van der Waals surface area contributed by atoms with Crippen LogP contribution in [0.25, 0.3) is 0 Å². The Morgan fingerprint density at radius 3 is 2.71 bits per heavy atom. The van der Waals surface area contributed by atoms with E-state index in [9.17, 15) is 20.0 Å². The number of nitriles is 1. The standard InChI is InChI=1S/C19H27N5O4/c1-5-28-17-12(9-20)13(21)8-14(23-17)16(25)22-10-11-6-7-24(18(26)27)15(11)19(2,3)4/h8,11,15H,5-7,10H2,1-4H3,(H2,21,23)(H,22,25)(H,26,27)/t11-,15?/m0/s1. The molecule has 2 rings (SSSR count). The van der Waals surface area contributed by atoms with E-state index in [1.165, 1.54) is 11.0 Å². The van der Waals surface area contributed by atoms with Crippen molar-refractivity contribution in [3.8, 4) is 11.9 Å². The molecule has 1 fully saturated rings. The van der Waals surface area contributed by atoms with Crippen LogP contribution in [0.2, 0.25) is 0 Å². The number of carboxylic acid groups (broad SMARTS) is 1. The van der Waals surface area contributed by atoms with Gasteiger partial charge < -0.3 is 25.8 Å². The average Bonchev–Trinajstić information content (AvgIpc) is 3.04. The third-order valence-corrected chi connectivity index (χ3v) is 4.82. The van der Waals surface area contributed by atoms with Gasteiger partial charge in [-0.15, -0.1) is 0 Å². The fourth-order valence-electron chi connectivity index (χ4n) is 3.78. The molecule has 1 aromatic rings. The zero-order chi connectivity index (χ0) is 21.1. The van der Waals surface area contributed by atoms with Gasteiger partial charge in [0.1, 0.15) is 17.3 Å². The number of nitrogens with two attached hydrogens (primary N) is 1. The third-order valence-electron chi connectivity index (χ3n) is 4.82.